The van der Waals surface area contributed by atoms with Crippen LogP contribution >= 0.6 is 12.4 Å². The average molecular weight is 301 g/mol. The number of fused-ring (bicyclic) bond motifs is 1. The van der Waals surface area contributed by atoms with E-state index >= 15 is 0 Å². The molecule has 0 aliphatic carbocycles. The van der Waals surface area contributed by atoms with Gasteiger partial charge in [-0.05, 0) is 0 Å². The summed E-state index contributed by atoms with van der Waals surface area (Å²) in [6.45, 7) is 0.553. The van der Waals surface area contributed by atoms with Crippen LogP contribution in [0.3, 0.4) is 0 Å². The molecule has 0 aromatic carbocycles. The number of halogens is 4. The third-order valence-corrected chi connectivity index (χ3v) is 2.61. The van der Waals surface area contributed by atoms with Gasteiger partial charge in [0.15, 0.2) is 0 Å². The maximum Gasteiger partial charge on any atom is 0.451 e. The average Bonchev–Trinajstić information content (AvgIpc) is 2.71. The summed E-state index contributed by atoms with van der Waals surface area (Å²) in [6, 6.07) is 0. The van der Waals surface area contributed by atoms with E-state index in [0.717, 1.165) is 4.57 Å². The van der Waals surface area contributed by atoms with Gasteiger partial charge in [-0.1, -0.05) is 0 Å². The number of nitrogens with one attached hydrogen (secondary N) is 1. The lowest BCUT2D eigenvalue weighted by Crippen LogP contribution is -2.43. The number of carbonyl (C=O) groups excluding carboxylic acids is 1. The van der Waals surface area contributed by atoms with Crippen molar-refractivity contribution < 1.29 is 18.0 Å². The van der Waals surface area contributed by atoms with Gasteiger partial charge in [-0.25, -0.2) is 5.84 Å². The molecule has 1 aromatic heterocycles. The molecule has 11 heteroatoms. The van der Waals surface area contributed by atoms with E-state index < -0.39 is 17.9 Å². The quantitative estimate of drug-likeness (QED) is 0.438. The number of hydrazine groups is 1. The summed E-state index contributed by atoms with van der Waals surface area (Å²) in [4.78, 5) is 12.7. The zero-order chi connectivity index (χ0) is 13.3. The molecule has 1 aromatic rings. The Morgan fingerprint density at radius 1 is 1.37 bits per heavy atom. The number of amides is 1. The molecule has 7 nitrogen and oxygen atoms in total. The van der Waals surface area contributed by atoms with Gasteiger partial charge in [0.05, 0.1) is 13.1 Å². The first-order valence-electron chi connectivity index (χ1n) is 5.13. The second-order valence-corrected chi connectivity index (χ2v) is 3.87. The molecule has 2 heterocycles. The molecule has 0 spiro atoms. The minimum Gasteiger partial charge on any atom is -0.305 e. The highest BCUT2D eigenvalue weighted by atomic mass is 35.5. The Bertz CT molecular complexity index is 462. The van der Waals surface area contributed by atoms with Crippen LogP contribution in [-0.4, -0.2) is 38.7 Å². The van der Waals surface area contributed by atoms with Crippen LogP contribution in [0.1, 0.15) is 11.6 Å². The standard InChI is InChI=1S/C8H11F3N6O.ClH/c9-8(10,11)7-15-14-5-3-16(1-2-17(5)7)4-6(18)13-12;/h1-4,12H2,(H,13,18);1H. The minimum atomic E-state index is -4.51. The molecule has 0 bridgehead atoms. The van der Waals surface area contributed by atoms with Crippen LogP contribution in [0.15, 0.2) is 0 Å². The molecular formula is C8H12ClF3N6O. The number of nitrogens with two attached hydrogens (primary N) is 1. The summed E-state index contributed by atoms with van der Waals surface area (Å²) in [5, 5.41) is 6.63. The molecule has 0 saturated carbocycles. The predicted molar refractivity (Wildman–Crippen MR) is 59.9 cm³/mol. The monoisotopic (exact) mass is 300 g/mol. The lowest BCUT2D eigenvalue weighted by molar-refractivity contribution is -0.148. The molecule has 0 fully saturated rings. The first kappa shape index (κ1) is 15.7. The van der Waals surface area contributed by atoms with Gasteiger partial charge >= 0.3 is 6.18 Å². The van der Waals surface area contributed by atoms with Gasteiger partial charge < -0.3 is 4.57 Å². The topological polar surface area (TPSA) is 89.1 Å². The highest BCUT2D eigenvalue weighted by molar-refractivity contribution is 5.85. The Labute approximate surface area is 112 Å². The maximum absolute atomic E-state index is 12.6. The van der Waals surface area contributed by atoms with E-state index in [0.29, 0.717) is 6.54 Å². The Morgan fingerprint density at radius 3 is 2.63 bits per heavy atom. The van der Waals surface area contributed by atoms with Crippen molar-refractivity contribution in [3.63, 3.8) is 0 Å². The van der Waals surface area contributed by atoms with E-state index in [9.17, 15) is 18.0 Å². The lowest BCUT2D eigenvalue weighted by atomic mass is 10.3. The Balaban J connectivity index is 0.00000180. The van der Waals surface area contributed by atoms with Gasteiger partial charge in [-0.15, -0.1) is 22.6 Å². The van der Waals surface area contributed by atoms with E-state index in [1.807, 2.05) is 5.43 Å². The molecule has 0 unspecified atom stereocenters. The fraction of sp³-hybridized carbons (Fsp3) is 0.625. The summed E-state index contributed by atoms with van der Waals surface area (Å²) >= 11 is 0. The van der Waals surface area contributed by atoms with E-state index in [1.54, 1.807) is 4.90 Å². The molecule has 1 aliphatic rings. The van der Waals surface area contributed by atoms with Crippen molar-refractivity contribution in [1.29, 1.82) is 0 Å². The van der Waals surface area contributed by atoms with Gasteiger partial charge in [0.25, 0.3) is 0 Å². The molecule has 19 heavy (non-hydrogen) atoms. The summed E-state index contributed by atoms with van der Waals surface area (Å²) in [7, 11) is 0. The Morgan fingerprint density at radius 2 is 2.05 bits per heavy atom. The third-order valence-electron chi connectivity index (χ3n) is 2.61. The van der Waals surface area contributed by atoms with E-state index in [1.165, 1.54) is 0 Å². The first-order valence-corrected chi connectivity index (χ1v) is 5.13. The van der Waals surface area contributed by atoms with E-state index in [-0.39, 0.29) is 37.9 Å². The summed E-state index contributed by atoms with van der Waals surface area (Å²) in [5.41, 5.74) is 1.96. The van der Waals surface area contributed by atoms with Gasteiger partial charge in [-0.2, -0.15) is 13.2 Å². The SMILES string of the molecule is Cl.NNC(=O)CN1CCn2c(nnc2C(F)(F)F)C1. The predicted octanol–water partition coefficient (Wildman–Crippen LogP) is -0.476. The van der Waals surface area contributed by atoms with Crippen molar-refractivity contribution in [2.24, 2.45) is 5.84 Å². The molecule has 0 radical (unpaired) electrons. The largest absolute Gasteiger partial charge is 0.451 e. The van der Waals surface area contributed by atoms with Gasteiger partial charge in [-0.3, -0.25) is 15.1 Å². The number of aromatic nitrogens is 3. The number of nitrogens with zero attached hydrogens (tertiary/aromatic N) is 4. The fourth-order valence-electron chi connectivity index (χ4n) is 1.80. The molecule has 1 amide bonds. The van der Waals surface area contributed by atoms with Crippen molar-refractivity contribution in [3.05, 3.63) is 11.6 Å². The summed E-state index contributed by atoms with van der Waals surface area (Å²) < 4.78 is 38.7. The number of hydrogen-bond donors (Lipinski definition) is 2. The summed E-state index contributed by atoms with van der Waals surface area (Å²) in [5.74, 6) is 3.73. The maximum atomic E-state index is 12.6. The van der Waals surface area contributed by atoms with Crippen molar-refractivity contribution in [1.82, 2.24) is 25.1 Å². The highest BCUT2D eigenvalue weighted by Crippen LogP contribution is 2.29. The second-order valence-electron chi connectivity index (χ2n) is 3.87. The van der Waals surface area contributed by atoms with Crippen LogP contribution in [0.2, 0.25) is 0 Å². The van der Waals surface area contributed by atoms with Crippen molar-refractivity contribution in [2.45, 2.75) is 19.3 Å². The van der Waals surface area contributed by atoms with Crippen LogP contribution in [0.5, 0.6) is 0 Å². The molecule has 2 rings (SSSR count). The van der Waals surface area contributed by atoms with Crippen molar-refractivity contribution in [3.8, 4) is 0 Å². The van der Waals surface area contributed by atoms with E-state index in [4.69, 9.17) is 5.84 Å². The van der Waals surface area contributed by atoms with Gasteiger partial charge in [0.1, 0.15) is 5.82 Å². The molecular weight excluding hydrogens is 289 g/mol. The van der Waals surface area contributed by atoms with Crippen LogP contribution in [0.25, 0.3) is 0 Å². The van der Waals surface area contributed by atoms with E-state index in [2.05, 4.69) is 10.2 Å². The van der Waals surface area contributed by atoms with Crippen LogP contribution in [0, 0.1) is 0 Å². The zero-order valence-electron chi connectivity index (χ0n) is 9.65. The highest BCUT2D eigenvalue weighted by Gasteiger charge is 2.39. The summed E-state index contributed by atoms with van der Waals surface area (Å²) in [6.07, 6.45) is -4.51. The van der Waals surface area contributed by atoms with Crippen LogP contribution in [0.4, 0.5) is 13.2 Å². The van der Waals surface area contributed by atoms with Crippen LogP contribution < -0.4 is 11.3 Å². The molecule has 0 saturated heterocycles. The van der Waals surface area contributed by atoms with Crippen molar-refractivity contribution in [2.75, 3.05) is 13.1 Å². The molecule has 108 valence electrons. The van der Waals surface area contributed by atoms with Crippen molar-refractivity contribution >= 4 is 18.3 Å². The number of alkyl halides is 3. The smallest absolute Gasteiger partial charge is 0.305 e. The van der Waals surface area contributed by atoms with Gasteiger partial charge in [0.2, 0.25) is 11.7 Å². The first-order chi connectivity index (χ1) is 8.41. The van der Waals surface area contributed by atoms with Crippen LogP contribution in [-0.2, 0) is 24.1 Å². The number of rotatable bonds is 2. The molecule has 3 N–H and O–H groups in total. The number of carbonyl (C=O) groups is 1. The number of hydrogen-bond acceptors (Lipinski definition) is 5. The van der Waals surface area contributed by atoms with Gasteiger partial charge in [0, 0.05) is 13.1 Å². The normalized spacial score (nSPS) is 15.6. The molecule has 0 atom stereocenters. The Kier molecular flexibility index (Phi) is 4.71. The fourth-order valence-corrected chi connectivity index (χ4v) is 1.80. The lowest BCUT2D eigenvalue weighted by Gasteiger charge is -2.26. The minimum absolute atomic E-state index is 0. The second kappa shape index (κ2) is 5.72. The zero-order valence-corrected chi connectivity index (χ0v) is 10.5. The third kappa shape index (κ3) is 3.33. The molecule has 1 aliphatic heterocycles. The Hall–Kier alpha value is -1.39.